The number of halogens is 2. The second-order valence-corrected chi connectivity index (χ2v) is 7.97. The predicted molar refractivity (Wildman–Crippen MR) is 111 cm³/mol. The molecule has 150 valence electrons. The average molecular weight is 424 g/mol. The van der Waals surface area contributed by atoms with Gasteiger partial charge in [-0.3, -0.25) is 14.9 Å². The number of carboxylic acids is 2. The lowest BCUT2D eigenvalue weighted by molar-refractivity contribution is -0.142. The molecule has 3 N–H and O–H groups in total. The molecule has 2 atom stereocenters. The van der Waals surface area contributed by atoms with Gasteiger partial charge < -0.3 is 10.2 Å². The molecule has 0 heterocycles. The Kier molecular flexibility index (Phi) is 7.87. The Bertz CT molecular complexity index is 834. The first-order valence-electron chi connectivity index (χ1n) is 8.93. The number of benzene rings is 2. The molecule has 0 saturated heterocycles. The van der Waals surface area contributed by atoms with Crippen LogP contribution in [-0.2, 0) is 16.0 Å². The van der Waals surface area contributed by atoms with Crippen molar-refractivity contribution in [3.8, 4) is 11.1 Å². The van der Waals surface area contributed by atoms with Crippen molar-refractivity contribution in [1.29, 1.82) is 0 Å². The van der Waals surface area contributed by atoms with E-state index in [-0.39, 0.29) is 12.3 Å². The van der Waals surface area contributed by atoms with Crippen molar-refractivity contribution >= 4 is 35.1 Å². The van der Waals surface area contributed by atoms with Crippen molar-refractivity contribution in [3.63, 3.8) is 0 Å². The van der Waals surface area contributed by atoms with Gasteiger partial charge in [0.05, 0.1) is 0 Å². The number of rotatable bonds is 9. The van der Waals surface area contributed by atoms with Crippen LogP contribution in [0.4, 0.5) is 0 Å². The molecule has 0 aliphatic heterocycles. The minimum absolute atomic E-state index is 0.115. The van der Waals surface area contributed by atoms with E-state index in [0.717, 1.165) is 16.7 Å². The molecule has 7 heteroatoms. The Morgan fingerprint density at radius 2 is 1.54 bits per heavy atom. The van der Waals surface area contributed by atoms with Gasteiger partial charge in [-0.2, -0.15) is 0 Å². The Balaban J connectivity index is 2.33. The molecule has 0 radical (unpaired) electrons. The minimum atomic E-state index is -1.10. The number of hydrogen-bond donors (Lipinski definition) is 3. The van der Waals surface area contributed by atoms with Crippen LogP contribution in [0.3, 0.4) is 0 Å². The summed E-state index contributed by atoms with van der Waals surface area (Å²) < 4.78 is 0. The van der Waals surface area contributed by atoms with Crippen LogP contribution in [0.2, 0.25) is 10.0 Å². The summed E-state index contributed by atoms with van der Waals surface area (Å²) in [4.78, 5) is 23.3. The van der Waals surface area contributed by atoms with Crippen LogP contribution < -0.4 is 5.32 Å². The summed E-state index contributed by atoms with van der Waals surface area (Å²) in [7, 11) is 0. The van der Waals surface area contributed by atoms with Crippen LogP contribution in [0, 0.1) is 5.92 Å². The summed E-state index contributed by atoms with van der Waals surface area (Å²) >= 11 is 12.2. The summed E-state index contributed by atoms with van der Waals surface area (Å²) in [6, 6.07) is 10.5. The molecule has 0 amide bonds. The fourth-order valence-corrected chi connectivity index (χ4v) is 3.61. The molecule has 2 aromatic rings. The number of hydrogen-bond acceptors (Lipinski definition) is 3. The molecule has 2 aromatic carbocycles. The van der Waals surface area contributed by atoms with Crippen molar-refractivity contribution in [1.82, 2.24) is 5.32 Å². The van der Waals surface area contributed by atoms with Crippen molar-refractivity contribution < 1.29 is 19.8 Å². The van der Waals surface area contributed by atoms with Gasteiger partial charge in [-0.15, -0.1) is 0 Å². The Morgan fingerprint density at radius 1 is 0.964 bits per heavy atom. The summed E-state index contributed by atoms with van der Waals surface area (Å²) in [5, 5.41) is 22.8. The highest BCUT2D eigenvalue weighted by molar-refractivity contribution is 6.35. The minimum Gasteiger partial charge on any atom is -0.480 e. The number of carboxylic acid groups (broad SMARTS) is 2. The van der Waals surface area contributed by atoms with Crippen LogP contribution in [-0.4, -0.2) is 34.2 Å². The molecular formula is C21H23Cl2NO4. The Labute approximate surface area is 174 Å². The highest BCUT2D eigenvalue weighted by Gasteiger charge is 2.27. The van der Waals surface area contributed by atoms with Crippen LogP contribution >= 0.6 is 23.2 Å². The van der Waals surface area contributed by atoms with Crippen LogP contribution in [0.15, 0.2) is 42.5 Å². The molecule has 2 rings (SSSR count). The van der Waals surface area contributed by atoms with Gasteiger partial charge in [-0.1, -0.05) is 61.3 Å². The number of nitrogens with one attached hydrogen (secondary N) is 1. The quantitative estimate of drug-likeness (QED) is 0.541. The van der Waals surface area contributed by atoms with Gasteiger partial charge in [-0.25, -0.2) is 0 Å². The van der Waals surface area contributed by atoms with Crippen molar-refractivity contribution in [2.24, 2.45) is 5.92 Å². The van der Waals surface area contributed by atoms with Crippen LogP contribution in [0.25, 0.3) is 11.1 Å². The SMILES string of the molecule is CC(C)CC(NC(Cc1ccccc1-c1cc(Cl)cc(Cl)c1)C(=O)O)C(=O)O. The number of aliphatic carboxylic acids is 2. The number of carbonyl (C=O) groups is 2. The monoisotopic (exact) mass is 423 g/mol. The zero-order valence-corrected chi connectivity index (χ0v) is 17.2. The Hall–Kier alpha value is -2.08. The highest BCUT2D eigenvalue weighted by atomic mass is 35.5. The maximum absolute atomic E-state index is 11.8. The lowest BCUT2D eigenvalue weighted by atomic mass is 9.94. The summed E-state index contributed by atoms with van der Waals surface area (Å²) in [6.45, 7) is 3.79. The fourth-order valence-electron chi connectivity index (χ4n) is 3.08. The molecule has 28 heavy (non-hydrogen) atoms. The molecule has 0 aromatic heterocycles. The van der Waals surface area contributed by atoms with Crippen molar-refractivity contribution in [2.45, 2.75) is 38.8 Å². The smallest absolute Gasteiger partial charge is 0.321 e. The molecule has 2 unspecified atom stereocenters. The highest BCUT2D eigenvalue weighted by Crippen LogP contribution is 2.30. The van der Waals surface area contributed by atoms with E-state index >= 15 is 0 Å². The Morgan fingerprint density at radius 3 is 2.07 bits per heavy atom. The lowest BCUT2D eigenvalue weighted by Crippen LogP contribution is -2.48. The van der Waals surface area contributed by atoms with Crippen LogP contribution in [0.5, 0.6) is 0 Å². The first-order valence-corrected chi connectivity index (χ1v) is 9.69. The van der Waals surface area contributed by atoms with Crippen LogP contribution in [0.1, 0.15) is 25.8 Å². The molecule has 0 aliphatic rings. The van der Waals surface area contributed by atoms with E-state index in [1.54, 1.807) is 18.2 Å². The van der Waals surface area contributed by atoms with E-state index in [4.69, 9.17) is 23.2 Å². The summed E-state index contributed by atoms with van der Waals surface area (Å²) in [5.74, 6) is -2.05. The second-order valence-electron chi connectivity index (χ2n) is 7.10. The topological polar surface area (TPSA) is 86.6 Å². The molecule has 5 nitrogen and oxygen atoms in total. The van der Waals surface area contributed by atoms with Gasteiger partial charge in [-0.05, 0) is 53.6 Å². The van der Waals surface area contributed by atoms with Gasteiger partial charge in [0.2, 0.25) is 0 Å². The van der Waals surface area contributed by atoms with Gasteiger partial charge >= 0.3 is 11.9 Å². The molecule has 0 aliphatic carbocycles. The van der Waals surface area contributed by atoms with Crippen molar-refractivity contribution in [2.75, 3.05) is 0 Å². The third-order valence-electron chi connectivity index (χ3n) is 4.32. The molecule has 0 spiro atoms. The maximum Gasteiger partial charge on any atom is 0.321 e. The zero-order valence-electron chi connectivity index (χ0n) is 15.7. The first-order chi connectivity index (χ1) is 13.2. The van der Waals surface area contributed by atoms with Gasteiger partial charge in [0.1, 0.15) is 12.1 Å². The summed E-state index contributed by atoms with van der Waals surface area (Å²) in [5.41, 5.74) is 2.33. The zero-order chi connectivity index (χ0) is 20.8. The normalized spacial score (nSPS) is 13.3. The standard InChI is InChI=1S/C21H23Cl2NO4/c1-12(2)7-18(20(25)26)24-19(21(27)28)10-13-5-3-4-6-17(13)14-8-15(22)11-16(23)9-14/h3-6,8-9,11-12,18-19,24H,7,10H2,1-2H3,(H,25,26)(H,27,28). The van der Waals surface area contributed by atoms with E-state index < -0.39 is 24.0 Å². The molecule has 0 saturated carbocycles. The van der Waals surface area contributed by atoms with Crippen molar-refractivity contribution in [3.05, 3.63) is 58.1 Å². The maximum atomic E-state index is 11.8. The van der Waals surface area contributed by atoms with E-state index in [1.807, 2.05) is 38.1 Å². The van der Waals surface area contributed by atoms with E-state index in [0.29, 0.717) is 16.5 Å². The van der Waals surface area contributed by atoms with Gasteiger partial charge in [0, 0.05) is 10.0 Å². The third-order valence-corrected chi connectivity index (χ3v) is 4.76. The molecular weight excluding hydrogens is 401 g/mol. The predicted octanol–water partition coefficient (Wildman–Crippen LogP) is 4.75. The molecule has 0 fully saturated rings. The van der Waals surface area contributed by atoms with E-state index in [2.05, 4.69) is 5.32 Å². The second kappa shape index (κ2) is 9.92. The summed E-state index contributed by atoms with van der Waals surface area (Å²) in [6.07, 6.45) is 0.460. The van der Waals surface area contributed by atoms with Gasteiger partial charge in [0.25, 0.3) is 0 Å². The third kappa shape index (κ3) is 6.23. The lowest BCUT2D eigenvalue weighted by Gasteiger charge is -2.22. The average Bonchev–Trinajstić information content (AvgIpc) is 2.59. The van der Waals surface area contributed by atoms with E-state index in [1.165, 1.54) is 0 Å². The first kappa shape index (κ1) is 22.2. The van der Waals surface area contributed by atoms with Gasteiger partial charge in [0.15, 0.2) is 0 Å². The molecule has 0 bridgehead atoms. The largest absolute Gasteiger partial charge is 0.480 e. The van der Waals surface area contributed by atoms with E-state index in [9.17, 15) is 19.8 Å². The fraction of sp³-hybridized carbons (Fsp3) is 0.333.